The topological polar surface area (TPSA) is 62.1 Å². The van der Waals surface area contributed by atoms with Crippen molar-refractivity contribution in [2.24, 2.45) is 0 Å². The Bertz CT molecular complexity index is 2530. The van der Waals surface area contributed by atoms with Crippen LogP contribution in [0.4, 0.5) is 0 Å². The van der Waals surface area contributed by atoms with Crippen LogP contribution in [0.5, 0.6) is 0 Å². The van der Waals surface area contributed by atoms with Gasteiger partial charge in [-0.15, -0.1) is 11.3 Å². The fourth-order valence-electron chi connectivity index (χ4n) is 7.15. The van der Waals surface area contributed by atoms with E-state index in [4.69, 9.17) is 24.3 Å². The molecule has 2 aliphatic rings. The van der Waals surface area contributed by atoms with Gasteiger partial charge in [-0.3, -0.25) is 4.57 Å². The molecule has 1 unspecified atom stereocenters. The summed E-state index contributed by atoms with van der Waals surface area (Å²) < 4.78 is 17.9. The Hall–Kier alpha value is -4.89. The SMILES string of the molecule is CCC1(C)OB(c2ccc3c(c2)c2ccc4c5ccccc5sc4c2n3-c2nc(C3=CCC=CC=C3)nc(-c3ccccc3)n2)OC1(C)C. The van der Waals surface area contributed by atoms with Gasteiger partial charge in [0, 0.05) is 37.4 Å². The Morgan fingerprint density at radius 2 is 1.59 bits per heavy atom. The lowest BCUT2D eigenvalue weighted by Gasteiger charge is -2.35. The van der Waals surface area contributed by atoms with E-state index in [0.717, 1.165) is 51.2 Å². The summed E-state index contributed by atoms with van der Waals surface area (Å²) in [4.78, 5) is 15.5. The van der Waals surface area contributed by atoms with E-state index < -0.39 is 18.3 Å². The van der Waals surface area contributed by atoms with Gasteiger partial charge in [0.15, 0.2) is 11.6 Å². The van der Waals surface area contributed by atoms with Crippen molar-refractivity contribution in [3.8, 4) is 17.3 Å². The number of hydrogen-bond donors (Lipinski definition) is 0. The molecule has 240 valence electrons. The van der Waals surface area contributed by atoms with Crippen LogP contribution in [0.3, 0.4) is 0 Å². The third-order valence-electron chi connectivity index (χ3n) is 10.4. The van der Waals surface area contributed by atoms with Crippen LogP contribution in [0.1, 0.15) is 46.4 Å². The van der Waals surface area contributed by atoms with Gasteiger partial charge in [-0.1, -0.05) is 110 Å². The highest BCUT2D eigenvalue weighted by Crippen LogP contribution is 2.43. The number of fused-ring (bicyclic) bond motifs is 7. The Labute approximate surface area is 289 Å². The molecule has 1 aliphatic heterocycles. The van der Waals surface area contributed by atoms with E-state index in [-0.39, 0.29) is 0 Å². The van der Waals surface area contributed by atoms with Crippen molar-refractivity contribution in [2.75, 3.05) is 0 Å². The van der Waals surface area contributed by atoms with Gasteiger partial charge in [0.05, 0.1) is 26.9 Å². The van der Waals surface area contributed by atoms with E-state index in [0.29, 0.717) is 17.6 Å². The number of nitrogens with zero attached hydrogens (tertiary/aromatic N) is 4. The highest BCUT2D eigenvalue weighted by Gasteiger charge is 2.53. The lowest BCUT2D eigenvalue weighted by Crippen LogP contribution is -2.44. The van der Waals surface area contributed by atoms with E-state index in [1.54, 1.807) is 0 Å². The third-order valence-corrected chi connectivity index (χ3v) is 11.6. The molecule has 1 atom stereocenters. The molecule has 6 nitrogen and oxygen atoms in total. The first-order valence-corrected chi connectivity index (χ1v) is 17.7. The Balaban J connectivity index is 1.34. The lowest BCUT2D eigenvalue weighted by molar-refractivity contribution is -0.0118. The molecule has 0 saturated carbocycles. The van der Waals surface area contributed by atoms with E-state index in [1.807, 2.05) is 35.6 Å². The van der Waals surface area contributed by atoms with Gasteiger partial charge < -0.3 is 9.31 Å². The minimum atomic E-state index is -0.466. The number of benzene rings is 4. The van der Waals surface area contributed by atoms with E-state index in [1.165, 1.54) is 20.2 Å². The van der Waals surface area contributed by atoms with E-state index in [2.05, 4.69) is 123 Å². The monoisotopic (exact) mass is 658 g/mol. The maximum atomic E-state index is 6.64. The summed E-state index contributed by atoms with van der Waals surface area (Å²) in [5.41, 5.74) is 4.19. The Morgan fingerprint density at radius 1 is 0.796 bits per heavy atom. The van der Waals surface area contributed by atoms with Crippen molar-refractivity contribution in [1.82, 2.24) is 19.5 Å². The molecule has 0 N–H and O–H groups in total. The molecule has 4 aromatic carbocycles. The molecule has 9 rings (SSSR count). The van der Waals surface area contributed by atoms with Crippen LogP contribution in [0.15, 0.2) is 115 Å². The molecule has 1 fully saturated rings. The zero-order valence-corrected chi connectivity index (χ0v) is 28.8. The maximum Gasteiger partial charge on any atom is 0.494 e. The standard InChI is InChI=1S/C41H35BN4O2S/c1-5-41(4)40(2,3)47-42(48-41)28-21-24-33-32(25-28)30-22-23-31-29-19-13-14-20-34(29)49-36(31)35(30)46(33)39-44-37(26-15-9-6-7-10-16-26)43-38(45-39)27-17-11-8-12-18-27/h6-9,11-25H,5,10H2,1-4H3. The highest BCUT2D eigenvalue weighted by molar-refractivity contribution is 7.26. The van der Waals surface area contributed by atoms with Crippen LogP contribution in [-0.4, -0.2) is 37.8 Å². The molecule has 1 aliphatic carbocycles. The molecule has 8 heteroatoms. The number of allylic oxidation sites excluding steroid dienone is 6. The lowest BCUT2D eigenvalue weighted by atomic mass is 9.78. The molecule has 0 radical (unpaired) electrons. The van der Waals surface area contributed by atoms with Crippen LogP contribution >= 0.6 is 11.3 Å². The van der Waals surface area contributed by atoms with Gasteiger partial charge >= 0.3 is 7.12 Å². The number of aromatic nitrogens is 4. The fourth-order valence-corrected chi connectivity index (χ4v) is 8.39. The maximum absolute atomic E-state index is 6.64. The highest BCUT2D eigenvalue weighted by atomic mass is 32.1. The average Bonchev–Trinajstić information content (AvgIpc) is 3.64. The van der Waals surface area contributed by atoms with Crippen LogP contribution < -0.4 is 5.46 Å². The first-order valence-electron chi connectivity index (χ1n) is 16.9. The summed E-state index contributed by atoms with van der Waals surface area (Å²) >= 11 is 1.81. The zero-order valence-electron chi connectivity index (χ0n) is 28.0. The summed E-state index contributed by atoms with van der Waals surface area (Å²) in [7, 11) is -0.466. The normalized spacial score (nSPS) is 19.0. The van der Waals surface area contributed by atoms with E-state index >= 15 is 0 Å². The van der Waals surface area contributed by atoms with Crippen molar-refractivity contribution in [3.05, 3.63) is 121 Å². The third kappa shape index (κ3) is 4.81. The molecule has 0 bridgehead atoms. The second-order valence-corrected chi connectivity index (χ2v) is 14.6. The molecule has 0 amide bonds. The second kappa shape index (κ2) is 11.3. The molecule has 49 heavy (non-hydrogen) atoms. The van der Waals surface area contributed by atoms with Gasteiger partial charge in [-0.05, 0) is 51.2 Å². The number of thiophene rings is 1. The summed E-state index contributed by atoms with van der Waals surface area (Å²) in [5, 5.41) is 4.70. The predicted octanol–water partition coefficient (Wildman–Crippen LogP) is 9.59. The Morgan fingerprint density at radius 3 is 2.43 bits per heavy atom. The summed E-state index contributed by atoms with van der Waals surface area (Å²) in [6.45, 7) is 8.55. The first-order chi connectivity index (χ1) is 23.8. The fraction of sp³-hybridized carbons (Fsp3) is 0.195. The summed E-state index contributed by atoms with van der Waals surface area (Å²) in [6, 6.07) is 29.8. The van der Waals surface area contributed by atoms with Crippen LogP contribution in [0.25, 0.3) is 64.9 Å². The molecule has 7 aromatic rings. The van der Waals surface area contributed by atoms with Crippen LogP contribution in [-0.2, 0) is 9.31 Å². The first kappa shape index (κ1) is 30.2. The summed E-state index contributed by atoms with van der Waals surface area (Å²) in [6.07, 6.45) is 12.2. The second-order valence-electron chi connectivity index (χ2n) is 13.5. The molecular weight excluding hydrogens is 623 g/mol. The molecule has 1 saturated heterocycles. The summed E-state index contributed by atoms with van der Waals surface area (Å²) in [5.74, 6) is 1.87. The van der Waals surface area contributed by atoms with Crippen molar-refractivity contribution < 1.29 is 9.31 Å². The predicted molar refractivity (Wildman–Crippen MR) is 204 cm³/mol. The van der Waals surface area contributed by atoms with E-state index in [9.17, 15) is 0 Å². The van der Waals surface area contributed by atoms with Gasteiger partial charge in [0.25, 0.3) is 0 Å². The Kier molecular flexibility index (Phi) is 6.99. The quantitative estimate of drug-likeness (QED) is 0.173. The van der Waals surface area contributed by atoms with Crippen LogP contribution in [0, 0.1) is 0 Å². The molecule has 0 spiro atoms. The number of hydrogen-bond acceptors (Lipinski definition) is 6. The molecular formula is C41H35BN4O2S. The molecule has 3 aromatic heterocycles. The van der Waals surface area contributed by atoms with Crippen molar-refractivity contribution in [2.45, 2.75) is 51.7 Å². The minimum Gasteiger partial charge on any atom is -0.399 e. The zero-order chi connectivity index (χ0) is 33.3. The van der Waals surface area contributed by atoms with Crippen molar-refractivity contribution in [1.29, 1.82) is 0 Å². The largest absolute Gasteiger partial charge is 0.494 e. The minimum absolute atomic E-state index is 0.393. The van der Waals surface area contributed by atoms with Crippen molar-refractivity contribution >= 4 is 71.5 Å². The smallest absolute Gasteiger partial charge is 0.399 e. The van der Waals surface area contributed by atoms with Crippen molar-refractivity contribution in [3.63, 3.8) is 0 Å². The van der Waals surface area contributed by atoms with Gasteiger partial charge in [0.2, 0.25) is 5.95 Å². The number of rotatable bonds is 5. The van der Waals surface area contributed by atoms with Crippen LogP contribution in [0.2, 0.25) is 0 Å². The average molecular weight is 659 g/mol. The molecule has 4 heterocycles. The van der Waals surface area contributed by atoms with Gasteiger partial charge in [-0.25, -0.2) is 4.98 Å². The van der Waals surface area contributed by atoms with Gasteiger partial charge in [0.1, 0.15) is 0 Å². The van der Waals surface area contributed by atoms with Gasteiger partial charge in [-0.2, -0.15) is 9.97 Å².